The van der Waals surface area contributed by atoms with Crippen molar-refractivity contribution in [2.75, 3.05) is 4.72 Å². The molecule has 0 aliphatic carbocycles. The third kappa shape index (κ3) is 5.20. The number of benzene rings is 3. The second kappa shape index (κ2) is 9.32. The van der Waals surface area contributed by atoms with Crippen LogP contribution in [0.4, 0.5) is 5.69 Å². The van der Waals surface area contributed by atoms with Gasteiger partial charge in [-0.2, -0.15) is 0 Å². The molecule has 0 heterocycles. The molecule has 30 heavy (non-hydrogen) atoms. The second-order valence-electron chi connectivity index (χ2n) is 6.96. The molecule has 0 radical (unpaired) electrons. The maximum Gasteiger partial charge on any atom is 0.261 e. The van der Waals surface area contributed by atoms with Crippen LogP contribution in [0.2, 0.25) is 5.02 Å². The zero-order valence-corrected chi connectivity index (χ0v) is 18.3. The highest BCUT2D eigenvalue weighted by Gasteiger charge is 2.19. The summed E-state index contributed by atoms with van der Waals surface area (Å²) < 4.78 is 27.6. The van der Waals surface area contributed by atoms with Crippen LogP contribution in [-0.4, -0.2) is 14.3 Å². The monoisotopic (exact) mass is 442 g/mol. The number of hydrogen-bond acceptors (Lipinski definition) is 3. The molecule has 0 saturated carbocycles. The molecular formula is C23H23ClN2O3S. The van der Waals surface area contributed by atoms with E-state index in [9.17, 15) is 13.2 Å². The van der Waals surface area contributed by atoms with E-state index < -0.39 is 10.0 Å². The van der Waals surface area contributed by atoms with Gasteiger partial charge in [-0.15, -0.1) is 0 Å². The van der Waals surface area contributed by atoms with Gasteiger partial charge in [0.15, 0.2) is 0 Å². The van der Waals surface area contributed by atoms with Crippen LogP contribution in [0.5, 0.6) is 0 Å². The summed E-state index contributed by atoms with van der Waals surface area (Å²) in [6, 6.07) is 20.3. The van der Waals surface area contributed by atoms with Crippen molar-refractivity contribution in [2.24, 2.45) is 0 Å². The number of sulfonamides is 1. The molecule has 7 heteroatoms. The predicted molar refractivity (Wildman–Crippen MR) is 120 cm³/mol. The van der Waals surface area contributed by atoms with Gasteiger partial charge in [-0.3, -0.25) is 9.52 Å². The number of hydrogen-bond donors (Lipinski definition) is 2. The number of rotatable bonds is 7. The lowest BCUT2D eigenvalue weighted by atomic mass is 10.0. The quantitative estimate of drug-likeness (QED) is 0.519. The van der Waals surface area contributed by atoms with Gasteiger partial charge < -0.3 is 5.32 Å². The van der Waals surface area contributed by atoms with Gasteiger partial charge >= 0.3 is 0 Å². The molecule has 1 atom stereocenters. The second-order valence-corrected chi connectivity index (χ2v) is 9.05. The minimum atomic E-state index is -3.77. The van der Waals surface area contributed by atoms with Crippen molar-refractivity contribution in [3.63, 3.8) is 0 Å². The zero-order valence-electron chi connectivity index (χ0n) is 16.7. The highest BCUT2D eigenvalue weighted by Crippen LogP contribution is 2.25. The Hall–Kier alpha value is -2.83. The topological polar surface area (TPSA) is 75.3 Å². The highest BCUT2D eigenvalue weighted by atomic mass is 35.5. The van der Waals surface area contributed by atoms with E-state index in [1.807, 2.05) is 38.1 Å². The molecule has 3 rings (SSSR count). The Morgan fingerprint density at radius 3 is 2.30 bits per heavy atom. The Labute approximate surface area is 182 Å². The smallest absolute Gasteiger partial charge is 0.261 e. The summed E-state index contributed by atoms with van der Waals surface area (Å²) in [7, 11) is -3.77. The minimum absolute atomic E-state index is 0.136. The third-order valence-electron chi connectivity index (χ3n) is 4.71. The van der Waals surface area contributed by atoms with Crippen LogP contribution in [0.25, 0.3) is 0 Å². The first-order valence-corrected chi connectivity index (χ1v) is 11.4. The number of carbonyl (C=O) groups excluding carboxylic acids is 1. The third-order valence-corrected chi connectivity index (χ3v) is 6.44. The molecular weight excluding hydrogens is 420 g/mol. The van der Waals surface area contributed by atoms with Crippen LogP contribution in [0.1, 0.15) is 40.9 Å². The summed E-state index contributed by atoms with van der Waals surface area (Å²) in [5, 5.41) is 3.23. The van der Waals surface area contributed by atoms with E-state index >= 15 is 0 Å². The number of amides is 1. The Morgan fingerprint density at radius 1 is 1.00 bits per heavy atom. The van der Waals surface area contributed by atoms with Crippen LogP contribution >= 0.6 is 11.6 Å². The van der Waals surface area contributed by atoms with Gasteiger partial charge in [0.25, 0.3) is 15.9 Å². The van der Waals surface area contributed by atoms with Crippen LogP contribution < -0.4 is 10.0 Å². The molecule has 0 aromatic heterocycles. The molecule has 0 spiro atoms. The molecule has 0 fully saturated rings. The van der Waals surface area contributed by atoms with Crippen LogP contribution in [0.3, 0.4) is 0 Å². The summed E-state index contributed by atoms with van der Waals surface area (Å²) >= 11 is 6.23. The average Bonchev–Trinajstić information content (AvgIpc) is 2.74. The first-order valence-electron chi connectivity index (χ1n) is 9.55. The lowest BCUT2D eigenvalue weighted by Gasteiger charge is -2.18. The first-order chi connectivity index (χ1) is 14.3. The number of carbonyl (C=O) groups is 1. The fraction of sp³-hybridized carbons (Fsp3) is 0.174. The molecule has 0 bridgehead atoms. The molecule has 5 nitrogen and oxygen atoms in total. The molecule has 3 aromatic carbocycles. The Morgan fingerprint density at radius 2 is 1.67 bits per heavy atom. The van der Waals surface area contributed by atoms with Crippen molar-refractivity contribution >= 4 is 33.2 Å². The van der Waals surface area contributed by atoms with Gasteiger partial charge in [-0.1, -0.05) is 66.6 Å². The predicted octanol–water partition coefficient (Wildman–Crippen LogP) is 5.33. The molecule has 3 aromatic rings. The van der Waals surface area contributed by atoms with E-state index in [0.717, 1.165) is 11.1 Å². The molecule has 1 amide bonds. The minimum Gasteiger partial charge on any atom is -0.345 e. The van der Waals surface area contributed by atoms with Crippen LogP contribution in [-0.2, 0) is 10.0 Å². The summed E-state index contributed by atoms with van der Waals surface area (Å²) in [5.41, 5.74) is 2.60. The van der Waals surface area contributed by atoms with Crippen molar-refractivity contribution in [3.8, 4) is 0 Å². The average molecular weight is 443 g/mol. The number of halogens is 1. The Bertz CT molecular complexity index is 1130. The SMILES string of the molecule is CCC(NC(=O)c1cc(NS(=O)(=O)c2ccccc2)ccc1Cl)c1ccc(C)cc1. The van der Waals surface area contributed by atoms with E-state index in [1.165, 1.54) is 30.3 Å². The maximum absolute atomic E-state index is 12.9. The van der Waals surface area contributed by atoms with Gasteiger partial charge in [-0.25, -0.2) is 8.42 Å². The van der Waals surface area contributed by atoms with Crippen molar-refractivity contribution in [1.29, 1.82) is 0 Å². The van der Waals surface area contributed by atoms with Gasteiger partial charge in [0.05, 0.1) is 21.5 Å². The molecule has 0 saturated heterocycles. The van der Waals surface area contributed by atoms with Gasteiger partial charge in [0.2, 0.25) is 0 Å². The molecule has 156 valence electrons. The molecule has 0 aliphatic rings. The van der Waals surface area contributed by atoms with Crippen molar-refractivity contribution in [3.05, 3.63) is 94.5 Å². The van der Waals surface area contributed by atoms with Gasteiger partial charge in [0.1, 0.15) is 0 Å². The van der Waals surface area contributed by atoms with E-state index in [-0.39, 0.29) is 33.1 Å². The van der Waals surface area contributed by atoms with E-state index in [1.54, 1.807) is 18.2 Å². The fourth-order valence-corrected chi connectivity index (χ4v) is 4.31. The van der Waals surface area contributed by atoms with Crippen molar-refractivity contribution in [1.82, 2.24) is 5.32 Å². The van der Waals surface area contributed by atoms with E-state index in [0.29, 0.717) is 6.42 Å². The lowest BCUT2D eigenvalue weighted by molar-refractivity contribution is 0.0935. The first kappa shape index (κ1) is 21.9. The number of anilines is 1. The molecule has 1 unspecified atom stereocenters. The lowest BCUT2D eigenvalue weighted by Crippen LogP contribution is -2.28. The summed E-state index contributed by atoms with van der Waals surface area (Å²) in [6.45, 7) is 3.99. The summed E-state index contributed by atoms with van der Waals surface area (Å²) in [4.78, 5) is 13.0. The van der Waals surface area contributed by atoms with E-state index in [2.05, 4.69) is 10.0 Å². The normalized spacial score (nSPS) is 12.2. The highest BCUT2D eigenvalue weighted by molar-refractivity contribution is 7.92. The number of aryl methyl sites for hydroxylation is 1. The zero-order chi connectivity index (χ0) is 21.7. The fourth-order valence-electron chi connectivity index (χ4n) is 3.03. The van der Waals surface area contributed by atoms with E-state index in [4.69, 9.17) is 11.6 Å². The summed E-state index contributed by atoms with van der Waals surface area (Å²) in [6.07, 6.45) is 0.701. The summed E-state index contributed by atoms with van der Waals surface area (Å²) in [5.74, 6) is -0.367. The molecule has 0 aliphatic heterocycles. The maximum atomic E-state index is 12.9. The van der Waals surface area contributed by atoms with Crippen molar-refractivity contribution < 1.29 is 13.2 Å². The van der Waals surface area contributed by atoms with Crippen molar-refractivity contribution in [2.45, 2.75) is 31.2 Å². The molecule has 2 N–H and O–H groups in total. The largest absolute Gasteiger partial charge is 0.345 e. The van der Waals surface area contributed by atoms with Crippen LogP contribution in [0.15, 0.2) is 77.7 Å². The number of nitrogens with one attached hydrogen (secondary N) is 2. The van der Waals surface area contributed by atoms with Gasteiger partial charge in [-0.05, 0) is 49.2 Å². The standard InChI is InChI=1S/C23H23ClN2O3S/c1-3-22(17-11-9-16(2)10-12-17)25-23(27)20-15-18(13-14-21(20)24)26-30(28,29)19-7-5-4-6-8-19/h4-15,22,26H,3H2,1-2H3,(H,25,27). The Balaban J connectivity index is 1.82. The van der Waals surface area contributed by atoms with Crippen LogP contribution in [0, 0.1) is 6.92 Å². The van der Waals surface area contributed by atoms with Gasteiger partial charge in [0, 0.05) is 5.69 Å². The Kier molecular flexibility index (Phi) is 6.80.